The molecule has 0 aromatic carbocycles. The maximum Gasteiger partial charge on any atom is 0.326 e. The van der Waals surface area contributed by atoms with Gasteiger partial charge in [0.25, 0.3) is 5.91 Å². The summed E-state index contributed by atoms with van der Waals surface area (Å²) in [5.74, 6) is -1.42. The van der Waals surface area contributed by atoms with Crippen molar-refractivity contribution in [3.05, 3.63) is 46.2 Å². The maximum absolute atomic E-state index is 12.6. The Bertz CT molecular complexity index is 715. The van der Waals surface area contributed by atoms with Crippen molar-refractivity contribution < 1.29 is 14.7 Å². The van der Waals surface area contributed by atoms with Gasteiger partial charge in [-0.2, -0.15) is 0 Å². The molecule has 1 unspecified atom stereocenters. The van der Waals surface area contributed by atoms with Gasteiger partial charge in [0.2, 0.25) is 0 Å². The molecule has 1 aliphatic rings. The van der Waals surface area contributed by atoms with Gasteiger partial charge in [0, 0.05) is 12.6 Å². The van der Waals surface area contributed by atoms with Gasteiger partial charge in [-0.25, -0.2) is 14.8 Å². The van der Waals surface area contributed by atoms with Crippen LogP contribution in [0.1, 0.15) is 21.7 Å². The summed E-state index contributed by atoms with van der Waals surface area (Å²) < 4.78 is 0.398. The number of pyridine rings is 1. The molecule has 2 aromatic rings. The molecule has 0 radical (unpaired) electrons. The average molecular weight is 351 g/mol. The second-order valence-electron chi connectivity index (χ2n) is 4.66. The second kappa shape index (κ2) is 5.28. The number of halogens is 1. The van der Waals surface area contributed by atoms with E-state index >= 15 is 0 Å². The van der Waals surface area contributed by atoms with Crippen molar-refractivity contribution in [1.82, 2.24) is 19.9 Å². The number of nitrogens with one attached hydrogen (secondary N) is 1. The normalized spacial score (nSPS) is 17.4. The predicted molar refractivity (Wildman–Crippen MR) is 75.5 cm³/mol. The quantitative estimate of drug-likeness (QED) is 0.793. The van der Waals surface area contributed by atoms with Gasteiger partial charge in [0.05, 0.1) is 29.8 Å². The fourth-order valence-corrected chi connectivity index (χ4v) is 2.79. The molecule has 1 atom stereocenters. The van der Waals surface area contributed by atoms with Crippen molar-refractivity contribution >= 4 is 27.8 Å². The lowest BCUT2D eigenvalue weighted by Crippen LogP contribution is -2.48. The zero-order chi connectivity index (χ0) is 15.0. The number of imidazole rings is 1. The molecule has 2 N–H and O–H groups in total. The third-order valence-electron chi connectivity index (χ3n) is 3.43. The highest BCUT2D eigenvalue weighted by atomic mass is 79.9. The summed E-state index contributed by atoms with van der Waals surface area (Å²) in [4.78, 5) is 36.4. The molecule has 3 heterocycles. The van der Waals surface area contributed by atoms with E-state index in [1.165, 1.54) is 11.2 Å². The minimum Gasteiger partial charge on any atom is -0.480 e. The lowest BCUT2D eigenvalue weighted by Gasteiger charge is -2.32. The van der Waals surface area contributed by atoms with E-state index in [0.29, 0.717) is 15.9 Å². The first-order valence-corrected chi connectivity index (χ1v) is 7.02. The van der Waals surface area contributed by atoms with Crippen LogP contribution in [0.2, 0.25) is 0 Å². The average Bonchev–Trinajstić information content (AvgIpc) is 2.93. The topological polar surface area (TPSA) is 99.2 Å². The smallest absolute Gasteiger partial charge is 0.326 e. The first-order valence-electron chi connectivity index (χ1n) is 6.23. The van der Waals surface area contributed by atoms with Gasteiger partial charge in [-0.3, -0.25) is 4.79 Å². The number of aromatic nitrogens is 3. The number of aliphatic carboxylic acids is 1. The van der Waals surface area contributed by atoms with Crippen LogP contribution in [0.25, 0.3) is 0 Å². The molecule has 3 rings (SSSR count). The minimum absolute atomic E-state index is 0.187. The van der Waals surface area contributed by atoms with Crippen LogP contribution in [0.15, 0.2) is 29.3 Å². The second-order valence-corrected chi connectivity index (χ2v) is 5.41. The van der Waals surface area contributed by atoms with Crippen LogP contribution in [-0.2, 0) is 17.8 Å². The summed E-state index contributed by atoms with van der Waals surface area (Å²) in [6.07, 6.45) is 3.26. The van der Waals surface area contributed by atoms with Crippen molar-refractivity contribution in [2.45, 2.75) is 19.0 Å². The minimum atomic E-state index is -1.04. The van der Waals surface area contributed by atoms with Gasteiger partial charge in [-0.05, 0) is 28.1 Å². The SMILES string of the molecule is O=C(O)C1Cc2nc[nH]c2CN1C(=O)c1cccnc1Br. The summed E-state index contributed by atoms with van der Waals surface area (Å²) in [6, 6.07) is 2.32. The summed E-state index contributed by atoms with van der Waals surface area (Å²) >= 11 is 3.22. The molecule has 0 bridgehead atoms. The largest absolute Gasteiger partial charge is 0.480 e. The summed E-state index contributed by atoms with van der Waals surface area (Å²) in [5.41, 5.74) is 1.80. The van der Waals surface area contributed by atoms with Gasteiger partial charge in [0.1, 0.15) is 10.6 Å². The van der Waals surface area contributed by atoms with E-state index in [4.69, 9.17) is 0 Å². The van der Waals surface area contributed by atoms with E-state index in [1.54, 1.807) is 18.3 Å². The lowest BCUT2D eigenvalue weighted by atomic mass is 10.0. The van der Waals surface area contributed by atoms with Crippen LogP contribution in [0.4, 0.5) is 0 Å². The van der Waals surface area contributed by atoms with Crippen molar-refractivity contribution in [2.24, 2.45) is 0 Å². The van der Waals surface area contributed by atoms with Crippen LogP contribution < -0.4 is 0 Å². The van der Waals surface area contributed by atoms with Gasteiger partial charge < -0.3 is 15.0 Å². The zero-order valence-electron chi connectivity index (χ0n) is 10.8. The van der Waals surface area contributed by atoms with E-state index in [9.17, 15) is 14.7 Å². The van der Waals surface area contributed by atoms with Gasteiger partial charge in [-0.15, -0.1) is 0 Å². The third kappa shape index (κ3) is 2.42. The number of amides is 1. The van der Waals surface area contributed by atoms with Gasteiger partial charge in [0.15, 0.2) is 0 Å². The molecule has 0 saturated heterocycles. The number of aromatic amines is 1. The fourth-order valence-electron chi connectivity index (χ4n) is 2.37. The summed E-state index contributed by atoms with van der Waals surface area (Å²) in [5, 5.41) is 9.38. The summed E-state index contributed by atoms with van der Waals surface area (Å²) in [7, 11) is 0. The molecular weight excluding hydrogens is 340 g/mol. The Morgan fingerprint density at radius 3 is 2.95 bits per heavy atom. The molecule has 0 saturated carbocycles. The highest BCUT2D eigenvalue weighted by Gasteiger charge is 2.36. The fraction of sp³-hybridized carbons (Fsp3) is 0.231. The number of hydrogen-bond acceptors (Lipinski definition) is 4. The van der Waals surface area contributed by atoms with Crippen molar-refractivity contribution in [1.29, 1.82) is 0 Å². The molecule has 7 nitrogen and oxygen atoms in total. The Kier molecular flexibility index (Phi) is 3.46. The van der Waals surface area contributed by atoms with Crippen molar-refractivity contribution in [2.75, 3.05) is 0 Å². The van der Waals surface area contributed by atoms with E-state index in [0.717, 1.165) is 5.69 Å². The number of nitrogens with zero attached hydrogens (tertiary/aromatic N) is 3. The number of carboxylic acid groups (broad SMARTS) is 1. The molecule has 8 heteroatoms. The molecular formula is C13H11BrN4O3. The number of carbonyl (C=O) groups is 2. The number of H-pyrrole nitrogens is 1. The Morgan fingerprint density at radius 1 is 1.43 bits per heavy atom. The molecule has 0 spiro atoms. The first kappa shape index (κ1) is 13.7. The predicted octanol–water partition coefficient (Wildman–Crippen LogP) is 1.22. The molecule has 108 valence electrons. The number of hydrogen-bond donors (Lipinski definition) is 2. The van der Waals surface area contributed by atoms with Crippen LogP contribution in [0.3, 0.4) is 0 Å². The number of rotatable bonds is 2. The highest BCUT2D eigenvalue weighted by molar-refractivity contribution is 9.10. The third-order valence-corrected chi connectivity index (χ3v) is 4.07. The van der Waals surface area contributed by atoms with E-state index in [2.05, 4.69) is 30.9 Å². The van der Waals surface area contributed by atoms with Crippen LogP contribution in [-0.4, -0.2) is 42.9 Å². The monoisotopic (exact) mass is 350 g/mol. The molecule has 1 amide bonds. The Hall–Kier alpha value is -2.22. The maximum atomic E-state index is 12.6. The Morgan fingerprint density at radius 2 is 2.24 bits per heavy atom. The molecule has 21 heavy (non-hydrogen) atoms. The van der Waals surface area contributed by atoms with E-state index < -0.39 is 12.0 Å². The zero-order valence-corrected chi connectivity index (χ0v) is 12.4. The molecule has 2 aromatic heterocycles. The Labute approximate surface area is 128 Å². The lowest BCUT2D eigenvalue weighted by molar-refractivity contribution is -0.142. The molecule has 0 aliphatic carbocycles. The molecule has 1 aliphatic heterocycles. The first-order chi connectivity index (χ1) is 10.1. The van der Waals surface area contributed by atoms with Crippen LogP contribution >= 0.6 is 15.9 Å². The van der Waals surface area contributed by atoms with Crippen LogP contribution in [0, 0.1) is 0 Å². The van der Waals surface area contributed by atoms with Crippen LogP contribution in [0.5, 0.6) is 0 Å². The van der Waals surface area contributed by atoms with Crippen molar-refractivity contribution in [3.8, 4) is 0 Å². The number of carboxylic acids is 1. The molecule has 0 fully saturated rings. The number of fused-ring (bicyclic) bond motifs is 1. The highest BCUT2D eigenvalue weighted by Crippen LogP contribution is 2.24. The number of carbonyl (C=O) groups excluding carboxylic acids is 1. The van der Waals surface area contributed by atoms with E-state index in [1.807, 2.05) is 0 Å². The van der Waals surface area contributed by atoms with Gasteiger partial charge in [-0.1, -0.05) is 0 Å². The Balaban J connectivity index is 1.98. The van der Waals surface area contributed by atoms with E-state index in [-0.39, 0.29) is 18.9 Å². The summed E-state index contributed by atoms with van der Waals surface area (Å²) in [6.45, 7) is 0.187. The standard InChI is InChI=1S/C13H11BrN4O3/c14-11-7(2-1-3-15-11)12(19)18-5-9-8(16-6-17-9)4-10(18)13(20)21/h1-3,6,10H,4-5H2,(H,16,17)(H,20,21). The van der Waals surface area contributed by atoms with Gasteiger partial charge >= 0.3 is 5.97 Å². The van der Waals surface area contributed by atoms with Crippen molar-refractivity contribution in [3.63, 3.8) is 0 Å².